The van der Waals surface area contributed by atoms with Gasteiger partial charge < -0.3 is 14.8 Å². The summed E-state index contributed by atoms with van der Waals surface area (Å²) < 4.78 is 9.21. The van der Waals surface area contributed by atoms with Gasteiger partial charge in [-0.05, 0) is 31.2 Å². The summed E-state index contributed by atoms with van der Waals surface area (Å²) in [6.45, 7) is 1.69. The molecule has 106 valence electrons. The molecule has 1 N–H and O–H groups in total. The molecule has 0 aromatic heterocycles. The van der Waals surface area contributed by atoms with Crippen molar-refractivity contribution in [1.29, 1.82) is 0 Å². The van der Waals surface area contributed by atoms with Crippen molar-refractivity contribution < 1.29 is 23.9 Å². The van der Waals surface area contributed by atoms with Gasteiger partial charge in [0.2, 0.25) is 5.91 Å². The lowest BCUT2D eigenvalue weighted by Crippen LogP contribution is -2.14. The predicted octanol–water partition coefficient (Wildman–Crippen LogP) is 1.77. The second-order valence-corrected chi connectivity index (χ2v) is 3.73. The highest BCUT2D eigenvalue weighted by atomic mass is 16.5. The largest absolute Gasteiger partial charge is 0.465 e. The first-order valence-corrected chi connectivity index (χ1v) is 5.77. The summed E-state index contributed by atoms with van der Waals surface area (Å²) in [6.07, 6.45) is 2.85. The molecule has 0 heterocycles. The quantitative estimate of drug-likeness (QED) is 0.670. The van der Waals surface area contributed by atoms with E-state index in [4.69, 9.17) is 0 Å². The van der Waals surface area contributed by atoms with E-state index in [0.29, 0.717) is 0 Å². The molecular formula is C14H15NO5. The van der Waals surface area contributed by atoms with E-state index in [1.54, 1.807) is 13.0 Å². The third kappa shape index (κ3) is 3.68. The van der Waals surface area contributed by atoms with Crippen molar-refractivity contribution in [2.75, 3.05) is 19.5 Å². The molecule has 0 fully saturated rings. The van der Waals surface area contributed by atoms with Gasteiger partial charge in [-0.3, -0.25) is 4.79 Å². The van der Waals surface area contributed by atoms with Crippen LogP contribution in [0.2, 0.25) is 0 Å². The highest BCUT2D eigenvalue weighted by molar-refractivity contribution is 6.06. The fourth-order valence-electron chi connectivity index (χ4n) is 1.51. The first-order chi connectivity index (χ1) is 9.53. The van der Waals surface area contributed by atoms with E-state index in [0.717, 1.165) is 0 Å². The van der Waals surface area contributed by atoms with Crippen molar-refractivity contribution in [3.05, 3.63) is 41.5 Å². The Labute approximate surface area is 116 Å². The molecule has 0 unspecified atom stereocenters. The maximum absolute atomic E-state index is 11.6. The Hall–Kier alpha value is -2.63. The van der Waals surface area contributed by atoms with Gasteiger partial charge in [0.15, 0.2) is 0 Å². The van der Waals surface area contributed by atoms with Gasteiger partial charge in [-0.15, -0.1) is 0 Å². The topological polar surface area (TPSA) is 81.7 Å². The SMILES string of the molecule is CC=CC(=O)Nc1cc(C(=O)OC)ccc1C(=O)OC. The second-order valence-electron chi connectivity index (χ2n) is 3.73. The Morgan fingerprint density at radius 1 is 1.10 bits per heavy atom. The molecule has 0 radical (unpaired) electrons. The van der Waals surface area contributed by atoms with E-state index in [9.17, 15) is 14.4 Å². The molecular weight excluding hydrogens is 262 g/mol. The fourth-order valence-corrected chi connectivity index (χ4v) is 1.51. The van der Waals surface area contributed by atoms with Crippen molar-refractivity contribution in [3.8, 4) is 0 Å². The van der Waals surface area contributed by atoms with Gasteiger partial charge in [0.05, 0.1) is 31.0 Å². The van der Waals surface area contributed by atoms with Gasteiger partial charge >= 0.3 is 11.9 Å². The van der Waals surface area contributed by atoms with Crippen molar-refractivity contribution >= 4 is 23.5 Å². The van der Waals surface area contributed by atoms with Crippen LogP contribution in [0.3, 0.4) is 0 Å². The van der Waals surface area contributed by atoms with Crippen LogP contribution in [0.5, 0.6) is 0 Å². The number of esters is 2. The molecule has 1 rings (SSSR count). The number of hydrogen-bond acceptors (Lipinski definition) is 5. The molecule has 20 heavy (non-hydrogen) atoms. The summed E-state index contributed by atoms with van der Waals surface area (Å²) >= 11 is 0. The predicted molar refractivity (Wildman–Crippen MR) is 72.6 cm³/mol. The van der Waals surface area contributed by atoms with Gasteiger partial charge in [-0.25, -0.2) is 9.59 Å². The molecule has 6 heteroatoms. The molecule has 0 atom stereocenters. The molecule has 0 saturated heterocycles. The van der Waals surface area contributed by atoms with Crippen molar-refractivity contribution in [1.82, 2.24) is 0 Å². The number of anilines is 1. The zero-order valence-electron chi connectivity index (χ0n) is 11.4. The maximum atomic E-state index is 11.6. The number of allylic oxidation sites excluding steroid dienone is 1. The van der Waals surface area contributed by atoms with Crippen LogP contribution in [-0.2, 0) is 14.3 Å². The normalized spacial score (nSPS) is 10.2. The summed E-state index contributed by atoms with van der Waals surface area (Å²) in [5.74, 6) is -1.60. The third-order valence-electron chi connectivity index (χ3n) is 2.42. The number of amides is 1. The Bertz CT molecular complexity index is 563. The zero-order valence-corrected chi connectivity index (χ0v) is 11.4. The van der Waals surface area contributed by atoms with Crippen LogP contribution in [0, 0.1) is 0 Å². The van der Waals surface area contributed by atoms with Gasteiger partial charge in [-0.2, -0.15) is 0 Å². The monoisotopic (exact) mass is 277 g/mol. The molecule has 6 nitrogen and oxygen atoms in total. The smallest absolute Gasteiger partial charge is 0.339 e. The Kier molecular flexibility index (Phi) is 5.46. The van der Waals surface area contributed by atoms with Gasteiger partial charge in [0, 0.05) is 0 Å². The van der Waals surface area contributed by atoms with E-state index in [1.165, 1.54) is 38.5 Å². The third-order valence-corrected chi connectivity index (χ3v) is 2.42. The lowest BCUT2D eigenvalue weighted by molar-refractivity contribution is -0.111. The van der Waals surface area contributed by atoms with Crippen molar-refractivity contribution in [2.24, 2.45) is 0 Å². The summed E-state index contributed by atoms with van der Waals surface area (Å²) in [6, 6.07) is 4.17. The number of carbonyl (C=O) groups is 3. The lowest BCUT2D eigenvalue weighted by Gasteiger charge is -2.10. The van der Waals surface area contributed by atoms with Crippen LogP contribution in [0.1, 0.15) is 27.6 Å². The molecule has 1 amide bonds. The van der Waals surface area contributed by atoms with E-state index in [2.05, 4.69) is 14.8 Å². The fraction of sp³-hybridized carbons (Fsp3) is 0.214. The molecule has 1 aromatic rings. The average molecular weight is 277 g/mol. The minimum Gasteiger partial charge on any atom is -0.465 e. The molecule has 1 aromatic carbocycles. The molecule has 0 aliphatic rings. The van der Waals surface area contributed by atoms with E-state index < -0.39 is 17.8 Å². The molecule has 0 bridgehead atoms. The number of carbonyl (C=O) groups excluding carboxylic acids is 3. The summed E-state index contributed by atoms with van der Waals surface area (Å²) in [5.41, 5.74) is 0.553. The lowest BCUT2D eigenvalue weighted by atomic mass is 10.1. The van der Waals surface area contributed by atoms with Crippen LogP contribution >= 0.6 is 0 Å². The second kappa shape index (κ2) is 7.08. The molecule has 0 saturated carbocycles. The molecule has 0 aliphatic carbocycles. The number of rotatable bonds is 4. The Morgan fingerprint density at radius 3 is 2.30 bits per heavy atom. The number of ether oxygens (including phenoxy) is 2. The van der Waals surface area contributed by atoms with Gasteiger partial charge in [0.25, 0.3) is 0 Å². The van der Waals surface area contributed by atoms with Crippen molar-refractivity contribution in [2.45, 2.75) is 6.92 Å². The standard InChI is InChI=1S/C14H15NO5/c1-4-5-12(16)15-11-8-9(13(17)19-2)6-7-10(11)14(18)20-3/h4-8H,1-3H3,(H,15,16). The zero-order chi connectivity index (χ0) is 15.1. The van der Waals surface area contributed by atoms with E-state index in [-0.39, 0.29) is 16.8 Å². The average Bonchev–Trinajstić information content (AvgIpc) is 2.45. The van der Waals surface area contributed by atoms with Crippen LogP contribution in [-0.4, -0.2) is 32.1 Å². The first kappa shape index (κ1) is 15.4. The summed E-state index contributed by atoms with van der Waals surface area (Å²) in [5, 5.41) is 2.51. The highest BCUT2D eigenvalue weighted by Crippen LogP contribution is 2.19. The van der Waals surface area contributed by atoms with Gasteiger partial charge in [-0.1, -0.05) is 6.08 Å². The summed E-state index contributed by atoms with van der Waals surface area (Å²) in [4.78, 5) is 34.6. The summed E-state index contributed by atoms with van der Waals surface area (Å²) in [7, 11) is 2.47. The van der Waals surface area contributed by atoms with E-state index in [1.807, 2.05) is 0 Å². The Morgan fingerprint density at radius 2 is 1.75 bits per heavy atom. The minimum absolute atomic E-state index is 0.151. The van der Waals surface area contributed by atoms with Crippen LogP contribution in [0.25, 0.3) is 0 Å². The van der Waals surface area contributed by atoms with Crippen molar-refractivity contribution in [3.63, 3.8) is 0 Å². The number of benzene rings is 1. The molecule has 0 aliphatic heterocycles. The van der Waals surface area contributed by atoms with Crippen LogP contribution in [0.4, 0.5) is 5.69 Å². The number of nitrogens with one attached hydrogen (secondary N) is 1. The molecule has 0 spiro atoms. The first-order valence-electron chi connectivity index (χ1n) is 5.77. The Balaban J connectivity index is 3.22. The van der Waals surface area contributed by atoms with Crippen LogP contribution < -0.4 is 5.32 Å². The highest BCUT2D eigenvalue weighted by Gasteiger charge is 2.16. The number of methoxy groups -OCH3 is 2. The van der Waals surface area contributed by atoms with Crippen LogP contribution in [0.15, 0.2) is 30.4 Å². The van der Waals surface area contributed by atoms with Gasteiger partial charge in [0.1, 0.15) is 0 Å². The minimum atomic E-state index is -0.614. The maximum Gasteiger partial charge on any atom is 0.339 e. The number of hydrogen-bond donors (Lipinski definition) is 1. The van der Waals surface area contributed by atoms with E-state index >= 15 is 0 Å².